The predicted octanol–water partition coefficient (Wildman–Crippen LogP) is 5.16. The van der Waals surface area contributed by atoms with E-state index in [4.69, 9.17) is 16.0 Å². The quantitative estimate of drug-likeness (QED) is 0.670. The summed E-state index contributed by atoms with van der Waals surface area (Å²) in [5.74, 6) is 0.654. The number of furan rings is 1. The lowest BCUT2D eigenvalue weighted by atomic mass is 9.92. The number of likely N-dealkylation sites (tertiary alicyclic amines) is 2. The second-order valence-corrected chi connectivity index (χ2v) is 9.91. The standard InChI is InChI=1S/C23H26ClF3N2O3/c1-12-10-29(11-12)21(30)14-4-6-28(7-5-14)22(31)20-18(24)16-8-15(13-2-3-13)9-17(19(16)32-20)23(25,26)27/h8-9,12-14,22,31H,2-7,10-11H2,1H3. The maximum atomic E-state index is 13.7. The van der Waals surface area contributed by atoms with Gasteiger partial charge in [-0.2, -0.15) is 13.2 Å². The summed E-state index contributed by atoms with van der Waals surface area (Å²) in [5.41, 5.74) is -0.587. The van der Waals surface area contributed by atoms with E-state index < -0.39 is 18.0 Å². The Bertz CT molecular complexity index is 1040. The minimum atomic E-state index is -4.58. The molecule has 3 fully saturated rings. The molecule has 3 aliphatic rings. The fourth-order valence-corrected chi connectivity index (χ4v) is 5.21. The number of fused-ring (bicyclic) bond motifs is 1. The minimum absolute atomic E-state index is 0.0215. The smallest absolute Gasteiger partial charge is 0.420 e. The number of alkyl halides is 3. The average Bonchev–Trinajstić information content (AvgIpc) is 3.53. The van der Waals surface area contributed by atoms with Crippen molar-refractivity contribution < 1.29 is 27.5 Å². The van der Waals surface area contributed by atoms with E-state index in [2.05, 4.69) is 6.92 Å². The lowest BCUT2D eigenvalue weighted by Gasteiger charge is -2.41. The van der Waals surface area contributed by atoms with Crippen LogP contribution in [0, 0.1) is 11.8 Å². The number of amides is 1. The number of benzene rings is 1. The molecule has 2 saturated heterocycles. The molecule has 174 valence electrons. The molecule has 32 heavy (non-hydrogen) atoms. The number of aliphatic hydroxyl groups is 1. The van der Waals surface area contributed by atoms with Crippen LogP contribution < -0.4 is 0 Å². The first kappa shape index (κ1) is 22.0. The zero-order valence-corrected chi connectivity index (χ0v) is 18.5. The van der Waals surface area contributed by atoms with Crippen LogP contribution in [0.5, 0.6) is 0 Å². The van der Waals surface area contributed by atoms with Gasteiger partial charge < -0.3 is 14.4 Å². The monoisotopic (exact) mass is 470 g/mol. The van der Waals surface area contributed by atoms with Gasteiger partial charge in [0.15, 0.2) is 12.0 Å². The fourth-order valence-electron chi connectivity index (χ4n) is 4.93. The van der Waals surface area contributed by atoms with Gasteiger partial charge in [-0.25, -0.2) is 0 Å². The maximum absolute atomic E-state index is 13.7. The zero-order chi connectivity index (χ0) is 22.8. The number of halogens is 4. The number of carbonyl (C=O) groups is 1. The van der Waals surface area contributed by atoms with Crippen molar-refractivity contribution in [2.45, 2.75) is 50.9 Å². The third-order valence-corrected chi connectivity index (χ3v) is 7.36. The molecule has 3 heterocycles. The Morgan fingerprint density at radius 1 is 1.19 bits per heavy atom. The molecule has 1 amide bonds. The minimum Gasteiger partial charge on any atom is -0.455 e. The number of nitrogens with zero attached hydrogens (tertiary/aromatic N) is 2. The first-order valence-corrected chi connectivity index (χ1v) is 11.5. The van der Waals surface area contributed by atoms with Crippen LogP contribution in [0.4, 0.5) is 13.2 Å². The third kappa shape index (κ3) is 3.90. The zero-order valence-electron chi connectivity index (χ0n) is 17.8. The first-order chi connectivity index (χ1) is 15.1. The van der Waals surface area contributed by atoms with Crippen molar-refractivity contribution in [3.63, 3.8) is 0 Å². The van der Waals surface area contributed by atoms with Crippen molar-refractivity contribution in [1.82, 2.24) is 9.80 Å². The second kappa shape index (κ2) is 7.92. The fraction of sp³-hybridized carbons (Fsp3) is 0.609. The number of hydrogen-bond donors (Lipinski definition) is 1. The number of rotatable bonds is 4. The number of hydrogen-bond acceptors (Lipinski definition) is 4. The van der Waals surface area contributed by atoms with Crippen molar-refractivity contribution in [2.75, 3.05) is 26.2 Å². The number of carbonyl (C=O) groups excluding carboxylic acids is 1. The Balaban J connectivity index is 1.36. The highest BCUT2D eigenvalue weighted by Crippen LogP contribution is 2.47. The van der Waals surface area contributed by atoms with Gasteiger partial charge in [-0.05, 0) is 55.2 Å². The topological polar surface area (TPSA) is 56.9 Å². The van der Waals surface area contributed by atoms with Crippen LogP contribution in [-0.2, 0) is 11.0 Å². The molecular weight excluding hydrogens is 445 g/mol. The summed E-state index contributed by atoms with van der Waals surface area (Å²) >= 11 is 6.44. The van der Waals surface area contributed by atoms with Crippen molar-refractivity contribution in [2.24, 2.45) is 11.8 Å². The molecule has 0 radical (unpaired) electrons. The lowest BCUT2D eigenvalue weighted by molar-refractivity contribution is -0.144. The Kier molecular flexibility index (Phi) is 5.46. The molecule has 5 nitrogen and oxygen atoms in total. The van der Waals surface area contributed by atoms with Gasteiger partial charge in [0.2, 0.25) is 5.91 Å². The van der Waals surface area contributed by atoms with Crippen LogP contribution in [0.25, 0.3) is 11.0 Å². The highest BCUT2D eigenvalue weighted by molar-refractivity contribution is 6.36. The van der Waals surface area contributed by atoms with Gasteiger partial charge in [0.05, 0.1) is 10.6 Å². The summed E-state index contributed by atoms with van der Waals surface area (Å²) in [4.78, 5) is 16.1. The van der Waals surface area contributed by atoms with Crippen molar-refractivity contribution in [3.05, 3.63) is 34.0 Å². The van der Waals surface area contributed by atoms with E-state index in [9.17, 15) is 23.1 Å². The van der Waals surface area contributed by atoms with Crippen LogP contribution in [0.3, 0.4) is 0 Å². The molecule has 1 unspecified atom stereocenters. The number of aliphatic hydroxyl groups excluding tert-OH is 1. The molecule has 0 bridgehead atoms. The van der Waals surface area contributed by atoms with Gasteiger partial charge in [0, 0.05) is 37.5 Å². The predicted molar refractivity (Wildman–Crippen MR) is 113 cm³/mol. The molecule has 1 aliphatic carbocycles. The van der Waals surface area contributed by atoms with Gasteiger partial charge in [-0.1, -0.05) is 18.5 Å². The molecule has 1 aromatic carbocycles. The van der Waals surface area contributed by atoms with Crippen molar-refractivity contribution in [3.8, 4) is 0 Å². The Morgan fingerprint density at radius 2 is 1.84 bits per heavy atom. The second-order valence-electron chi connectivity index (χ2n) is 9.53. The van der Waals surface area contributed by atoms with Gasteiger partial charge in [-0.15, -0.1) is 0 Å². The Morgan fingerprint density at radius 3 is 2.41 bits per heavy atom. The van der Waals surface area contributed by atoms with E-state index in [1.165, 1.54) is 0 Å². The van der Waals surface area contributed by atoms with Crippen LogP contribution in [0.1, 0.15) is 61.6 Å². The van der Waals surface area contributed by atoms with Gasteiger partial charge in [0.25, 0.3) is 0 Å². The van der Waals surface area contributed by atoms with E-state index in [1.54, 1.807) is 11.0 Å². The van der Waals surface area contributed by atoms with E-state index in [-0.39, 0.29) is 39.5 Å². The molecular formula is C23H26ClF3N2O3. The lowest BCUT2D eigenvalue weighted by Crippen LogP contribution is -2.52. The van der Waals surface area contributed by atoms with Crippen LogP contribution >= 0.6 is 11.6 Å². The van der Waals surface area contributed by atoms with E-state index >= 15 is 0 Å². The molecule has 5 rings (SSSR count). The molecule has 1 N–H and O–H groups in total. The van der Waals surface area contributed by atoms with Crippen molar-refractivity contribution in [1.29, 1.82) is 0 Å². The summed E-state index contributed by atoms with van der Waals surface area (Å²) in [7, 11) is 0. The average molecular weight is 471 g/mol. The van der Waals surface area contributed by atoms with Gasteiger partial charge in [-0.3, -0.25) is 9.69 Å². The Hall–Kier alpha value is -1.77. The summed E-state index contributed by atoms with van der Waals surface area (Å²) in [6.07, 6.45) is -2.97. The van der Waals surface area contributed by atoms with Gasteiger partial charge >= 0.3 is 6.18 Å². The van der Waals surface area contributed by atoms with E-state index in [0.29, 0.717) is 37.4 Å². The molecule has 9 heteroatoms. The molecule has 1 saturated carbocycles. The normalized spacial score (nSPS) is 22.4. The van der Waals surface area contributed by atoms with Crippen LogP contribution in [0.15, 0.2) is 16.5 Å². The third-order valence-electron chi connectivity index (χ3n) is 6.97. The summed E-state index contributed by atoms with van der Waals surface area (Å²) in [6.45, 7) is 4.57. The molecule has 2 aliphatic heterocycles. The Labute approximate surface area is 189 Å². The first-order valence-electron chi connectivity index (χ1n) is 11.2. The highest BCUT2D eigenvalue weighted by Gasteiger charge is 2.40. The molecule has 1 aromatic heterocycles. The van der Waals surface area contributed by atoms with Crippen LogP contribution in [-0.4, -0.2) is 47.0 Å². The van der Waals surface area contributed by atoms with Crippen molar-refractivity contribution >= 4 is 28.5 Å². The summed E-state index contributed by atoms with van der Waals surface area (Å²) in [5, 5.41) is 11.1. The van der Waals surface area contributed by atoms with E-state index in [0.717, 1.165) is 32.0 Å². The molecule has 1 atom stereocenters. The number of piperidine rings is 1. The summed E-state index contributed by atoms with van der Waals surface area (Å²) in [6, 6.07) is 2.80. The molecule has 0 spiro atoms. The van der Waals surface area contributed by atoms with Gasteiger partial charge in [0.1, 0.15) is 5.58 Å². The summed E-state index contributed by atoms with van der Waals surface area (Å²) < 4.78 is 46.7. The van der Waals surface area contributed by atoms with Crippen LogP contribution in [0.2, 0.25) is 5.02 Å². The highest BCUT2D eigenvalue weighted by atomic mass is 35.5. The molecule has 2 aromatic rings. The SMILES string of the molecule is CC1CN(C(=O)C2CCN(C(O)c3oc4c(C(F)(F)F)cc(C5CC5)cc4c3Cl)CC2)C1. The largest absolute Gasteiger partial charge is 0.455 e. The van der Waals surface area contributed by atoms with E-state index in [1.807, 2.05) is 4.90 Å². The maximum Gasteiger partial charge on any atom is 0.420 e.